The lowest BCUT2D eigenvalue weighted by Crippen LogP contribution is -2.25. The Balaban J connectivity index is 3.08. The van der Waals surface area contributed by atoms with Gasteiger partial charge in [-0.25, -0.2) is 9.78 Å². The molecule has 4 heteroatoms. The van der Waals surface area contributed by atoms with Gasteiger partial charge in [0, 0.05) is 6.20 Å². The number of rotatable bonds is 2. The summed E-state index contributed by atoms with van der Waals surface area (Å²) in [5.41, 5.74) is 0.706. The van der Waals surface area contributed by atoms with Crippen molar-refractivity contribution in [3.63, 3.8) is 0 Å². The molecule has 1 heterocycles. The number of hydrogen-bond donors (Lipinski definition) is 0. The van der Waals surface area contributed by atoms with Crippen LogP contribution in [0.4, 0.5) is 0 Å². The predicted molar refractivity (Wildman–Crippen MR) is 63.8 cm³/mol. The average molecular weight is 242 g/mol. The zero-order valence-corrected chi connectivity index (χ0v) is 10.8. The number of ether oxygens (including phenoxy) is 1. The summed E-state index contributed by atoms with van der Waals surface area (Å²) in [6.07, 6.45) is 2.31. The van der Waals surface area contributed by atoms with E-state index in [1.165, 1.54) is 0 Å². The standard InChI is InChI=1S/C12H16ClNO2/c1-5-8-6-7-14-10(13)9(8)11(15)16-12(2,3)4/h6-7H,5H2,1-4H3. The van der Waals surface area contributed by atoms with E-state index in [9.17, 15) is 4.79 Å². The van der Waals surface area contributed by atoms with E-state index >= 15 is 0 Å². The Bertz CT molecular complexity index is 396. The minimum atomic E-state index is -0.527. The fraction of sp³-hybridized carbons (Fsp3) is 0.500. The van der Waals surface area contributed by atoms with E-state index in [1.807, 2.05) is 27.7 Å². The van der Waals surface area contributed by atoms with E-state index in [-0.39, 0.29) is 5.15 Å². The number of aryl methyl sites for hydroxylation is 1. The van der Waals surface area contributed by atoms with Gasteiger partial charge in [-0.2, -0.15) is 0 Å². The van der Waals surface area contributed by atoms with Crippen molar-refractivity contribution in [3.8, 4) is 0 Å². The maximum atomic E-state index is 11.9. The molecule has 0 amide bonds. The van der Waals surface area contributed by atoms with Crippen LogP contribution >= 0.6 is 11.6 Å². The Kier molecular flexibility index (Phi) is 3.92. The van der Waals surface area contributed by atoms with Crippen molar-refractivity contribution in [1.82, 2.24) is 4.98 Å². The summed E-state index contributed by atoms with van der Waals surface area (Å²) in [5.74, 6) is -0.414. The van der Waals surface area contributed by atoms with E-state index in [4.69, 9.17) is 16.3 Å². The molecule has 0 atom stereocenters. The van der Waals surface area contributed by atoms with E-state index in [1.54, 1.807) is 12.3 Å². The second-order valence-corrected chi connectivity index (χ2v) is 4.85. The molecular weight excluding hydrogens is 226 g/mol. The topological polar surface area (TPSA) is 39.2 Å². The Hall–Kier alpha value is -1.09. The molecule has 0 spiro atoms. The molecule has 0 aromatic carbocycles. The lowest BCUT2D eigenvalue weighted by atomic mass is 10.1. The van der Waals surface area contributed by atoms with Crippen molar-refractivity contribution < 1.29 is 9.53 Å². The van der Waals surface area contributed by atoms with Crippen LogP contribution in [-0.4, -0.2) is 16.6 Å². The molecule has 0 saturated heterocycles. The lowest BCUT2D eigenvalue weighted by molar-refractivity contribution is 0.00682. The molecule has 0 saturated carbocycles. The van der Waals surface area contributed by atoms with Crippen molar-refractivity contribution in [2.24, 2.45) is 0 Å². The van der Waals surface area contributed by atoms with Crippen molar-refractivity contribution in [2.45, 2.75) is 39.7 Å². The zero-order valence-electron chi connectivity index (χ0n) is 10.0. The van der Waals surface area contributed by atoms with Gasteiger partial charge in [0.2, 0.25) is 0 Å². The zero-order chi connectivity index (χ0) is 12.3. The third-order valence-corrected chi connectivity index (χ3v) is 2.26. The molecule has 3 nitrogen and oxygen atoms in total. The van der Waals surface area contributed by atoms with Crippen molar-refractivity contribution >= 4 is 17.6 Å². The fourth-order valence-electron chi connectivity index (χ4n) is 1.31. The van der Waals surface area contributed by atoms with Crippen LogP contribution in [0.2, 0.25) is 5.15 Å². The number of carbonyl (C=O) groups is 1. The number of pyridine rings is 1. The van der Waals surface area contributed by atoms with Gasteiger partial charge in [-0.05, 0) is 38.8 Å². The molecule has 0 unspecified atom stereocenters. The largest absolute Gasteiger partial charge is 0.456 e. The highest BCUT2D eigenvalue weighted by Crippen LogP contribution is 2.21. The maximum Gasteiger partial charge on any atom is 0.342 e. The minimum absolute atomic E-state index is 0.202. The van der Waals surface area contributed by atoms with Crippen LogP contribution in [0, 0.1) is 0 Å². The number of halogens is 1. The third kappa shape index (κ3) is 3.20. The molecule has 16 heavy (non-hydrogen) atoms. The van der Waals surface area contributed by atoms with E-state index in [0.29, 0.717) is 5.56 Å². The molecular formula is C12H16ClNO2. The van der Waals surface area contributed by atoms with E-state index in [2.05, 4.69) is 4.98 Å². The van der Waals surface area contributed by atoms with Crippen LogP contribution in [0.5, 0.6) is 0 Å². The van der Waals surface area contributed by atoms with Crippen molar-refractivity contribution in [3.05, 3.63) is 28.5 Å². The van der Waals surface area contributed by atoms with Crippen molar-refractivity contribution in [2.75, 3.05) is 0 Å². The Morgan fingerprint density at radius 3 is 2.62 bits per heavy atom. The second-order valence-electron chi connectivity index (χ2n) is 4.49. The molecule has 0 aliphatic heterocycles. The normalized spacial score (nSPS) is 11.3. The summed E-state index contributed by atoms with van der Waals surface area (Å²) in [5, 5.41) is 0.202. The maximum absolute atomic E-state index is 11.9. The highest BCUT2D eigenvalue weighted by Gasteiger charge is 2.22. The first-order valence-electron chi connectivity index (χ1n) is 5.22. The molecule has 0 aliphatic carbocycles. The first-order valence-corrected chi connectivity index (χ1v) is 5.59. The van der Waals surface area contributed by atoms with Gasteiger partial charge in [-0.1, -0.05) is 18.5 Å². The monoisotopic (exact) mass is 241 g/mol. The smallest absolute Gasteiger partial charge is 0.342 e. The molecule has 0 fully saturated rings. The van der Waals surface area contributed by atoms with Gasteiger partial charge in [0.1, 0.15) is 16.3 Å². The summed E-state index contributed by atoms with van der Waals surface area (Å²) in [7, 11) is 0. The highest BCUT2D eigenvalue weighted by molar-refractivity contribution is 6.32. The molecule has 0 bridgehead atoms. The summed E-state index contributed by atoms with van der Waals surface area (Å²) in [6.45, 7) is 7.42. The predicted octanol–water partition coefficient (Wildman–Crippen LogP) is 3.25. The molecule has 1 rings (SSSR count). The molecule has 0 aliphatic rings. The summed E-state index contributed by atoms with van der Waals surface area (Å²) < 4.78 is 5.28. The highest BCUT2D eigenvalue weighted by atomic mass is 35.5. The summed E-state index contributed by atoms with van der Waals surface area (Å²) in [4.78, 5) is 15.8. The second kappa shape index (κ2) is 4.83. The van der Waals surface area contributed by atoms with Gasteiger partial charge >= 0.3 is 5.97 Å². The van der Waals surface area contributed by atoms with Gasteiger partial charge < -0.3 is 4.74 Å². The molecule has 88 valence electrons. The first-order chi connectivity index (χ1) is 7.35. The van der Waals surface area contributed by atoms with Crippen LogP contribution in [0.3, 0.4) is 0 Å². The van der Waals surface area contributed by atoms with Crippen LogP contribution < -0.4 is 0 Å². The molecule has 1 aromatic heterocycles. The SMILES string of the molecule is CCc1ccnc(Cl)c1C(=O)OC(C)(C)C. The van der Waals surface area contributed by atoms with Gasteiger partial charge in [-0.3, -0.25) is 0 Å². The van der Waals surface area contributed by atoms with Crippen LogP contribution in [0.1, 0.15) is 43.6 Å². The number of carbonyl (C=O) groups excluding carboxylic acids is 1. The molecule has 1 aromatic rings. The van der Waals surface area contributed by atoms with Gasteiger partial charge in [-0.15, -0.1) is 0 Å². The van der Waals surface area contributed by atoms with Gasteiger partial charge in [0.05, 0.1) is 0 Å². The van der Waals surface area contributed by atoms with Crippen molar-refractivity contribution in [1.29, 1.82) is 0 Å². The van der Waals surface area contributed by atoms with E-state index in [0.717, 1.165) is 12.0 Å². The number of esters is 1. The van der Waals surface area contributed by atoms with Gasteiger partial charge in [0.15, 0.2) is 0 Å². The number of nitrogens with zero attached hydrogens (tertiary/aromatic N) is 1. The fourth-order valence-corrected chi connectivity index (χ4v) is 1.57. The van der Waals surface area contributed by atoms with Gasteiger partial charge in [0.25, 0.3) is 0 Å². The number of aromatic nitrogens is 1. The minimum Gasteiger partial charge on any atom is -0.456 e. The summed E-state index contributed by atoms with van der Waals surface area (Å²) >= 11 is 5.92. The van der Waals surface area contributed by atoms with Crippen LogP contribution in [0.15, 0.2) is 12.3 Å². The number of hydrogen-bond acceptors (Lipinski definition) is 3. The van der Waals surface area contributed by atoms with Crippen LogP contribution in [-0.2, 0) is 11.2 Å². The Morgan fingerprint density at radius 2 is 2.12 bits per heavy atom. The molecule has 0 radical (unpaired) electrons. The summed E-state index contributed by atoms with van der Waals surface area (Å²) in [6, 6.07) is 1.78. The average Bonchev–Trinajstić information content (AvgIpc) is 2.14. The molecule has 0 N–H and O–H groups in total. The quantitative estimate of drug-likeness (QED) is 0.589. The van der Waals surface area contributed by atoms with E-state index < -0.39 is 11.6 Å². The Morgan fingerprint density at radius 1 is 1.50 bits per heavy atom. The Labute approximate surface area is 101 Å². The third-order valence-electron chi connectivity index (χ3n) is 1.97. The lowest BCUT2D eigenvalue weighted by Gasteiger charge is -2.20. The van der Waals surface area contributed by atoms with Crippen LogP contribution in [0.25, 0.3) is 0 Å². The first kappa shape index (κ1) is 13.0.